The molecule has 0 radical (unpaired) electrons. The van der Waals surface area contributed by atoms with Crippen molar-refractivity contribution >= 4 is 0 Å². The Hall–Kier alpha value is -1.06. The molecule has 0 saturated carbocycles. The maximum atomic E-state index is 10.4. The number of nitrogens with zero attached hydrogens (tertiary/aromatic N) is 1. The Bertz CT molecular complexity index is 551. The molecule has 0 amide bonds. The van der Waals surface area contributed by atoms with E-state index in [0.29, 0.717) is 12.0 Å². The van der Waals surface area contributed by atoms with Crippen molar-refractivity contribution in [1.82, 2.24) is 0 Å². The van der Waals surface area contributed by atoms with E-state index in [1.807, 2.05) is 12.1 Å². The van der Waals surface area contributed by atoms with Crippen molar-refractivity contribution in [1.29, 1.82) is 0 Å². The Morgan fingerprint density at radius 3 is 2.12 bits per heavy atom. The number of aliphatic hydroxyl groups excluding tert-OH is 1. The van der Waals surface area contributed by atoms with Crippen LogP contribution in [0.25, 0.3) is 0 Å². The number of hydrogen-bond donors (Lipinski definition) is 1. The molecular weight excluding hydrogens is 322 g/mol. The zero-order valence-electron chi connectivity index (χ0n) is 17.8. The van der Waals surface area contributed by atoms with E-state index < -0.39 is 6.10 Å². The number of quaternary nitrogens is 1. The fraction of sp³-hybridized carbons (Fsp3) is 0.739. The predicted molar refractivity (Wildman–Crippen MR) is 110 cm³/mol. The molecule has 0 bridgehead atoms. The van der Waals surface area contributed by atoms with Gasteiger partial charge in [-0.05, 0) is 41.9 Å². The molecule has 1 fully saturated rings. The fourth-order valence-corrected chi connectivity index (χ4v) is 4.76. The molecule has 1 N–H and O–H groups in total. The van der Waals surface area contributed by atoms with Crippen LogP contribution < -0.4 is 4.74 Å². The molecular formula is C23H40NO2+. The molecule has 0 aliphatic carbocycles. The quantitative estimate of drug-likeness (QED) is 0.675. The smallest absolute Gasteiger partial charge is 0.137 e. The molecule has 1 aromatic rings. The van der Waals surface area contributed by atoms with E-state index in [1.165, 1.54) is 31.5 Å². The summed E-state index contributed by atoms with van der Waals surface area (Å²) in [5.41, 5.74) is 1.79. The Labute approximate surface area is 161 Å². The third-order valence-corrected chi connectivity index (χ3v) is 5.83. The highest BCUT2D eigenvalue weighted by Crippen LogP contribution is 2.36. The first-order valence-corrected chi connectivity index (χ1v) is 10.3. The van der Waals surface area contributed by atoms with Gasteiger partial charge in [0, 0.05) is 12.8 Å². The summed E-state index contributed by atoms with van der Waals surface area (Å²) in [5.74, 6) is 0.851. The standard InChI is InChI=1S/C23H40NO2/c1-7-24(14-8-9-15-24)16-20(25)17-26-21-12-10-19(11-13-21)23(5,6)18-22(2,3)4/h10-13,20,25H,7-9,14-18H2,1-6H3/q+1/t20-/m1/s1. The molecule has 0 unspecified atom stereocenters. The highest BCUT2D eigenvalue weighted by atomic mass is 16.5. The molecule has 3 heteroatoms. The minimum atomic E-state index is -0.398. The van der Waals surface area contributed by atoms with Crippen molar-refractivity contribution in [2.75, 3.05) is 32.8 Å². The van der Waals surface area contributed by atoms with Crippen LogP contribution in [-0.2, 0) is 5.41 Å². The third-order valence-electron chi connectivity index (χ3n) is 5.83. The summed E-state index contributed by atoms with van der Waals surface area (Å²) < 4.78 is 6.92. The molecule has 1 saturated heterocycles. The minimum Gasteiger partial charge on any atom is -0.491 e. The Balaban J connectivity index is 1.89. The van der Waals surface area contributed by atoms with Crippen LogP contribution in [-0.4, -0.2) is 48.5 Å². The lowest BCUT2D eigenvalue weighted by atomic mass is 9.72. The van der Waals surface area contributed by atoms with E-state index in [9.17, 15) is 5.11 Å². The van der Waals surface area contributed by atoms with Gasteiger partial charge in [0.15, 0.2) is 0 Å². The molecule has 148 valence electrons. The fourth-order valence-electron chi connectivity index (χ4n) is 4.76. The van der Waals surface area contributed by atoms with Crippen LogP contribution in [0.2, 0.25) is 0 Å². The molecule has 0 spiro atoms. The second kappa shape index (κ2) is 8.31. The summed E-state index contributed by atoms with van der Waals surface area (Å²) in [4.78, 5) is 0. The van der Waals surface area contributed by atoms with Crippen LogP contribution in [0, 0.1) is 5.41 Å². The van der Waals surface area contributed by atoms with Crippen LogP contribution in [0.1, 0.15) is 66.4 Å². The maximum Gasteiger partial charge on any atom is 0.137 e. The van der Waals surface area contributed by atoms with Crippen molar-refractivity contribution < 1.29 is 14.3 Å². The lowest BCUT2D eigenvalue weighted by Crippen LogP contribution is -2.50. The number of rotatable bonds is 8. The van der Waals surface area contributed by atoms with Gasteiger partial charge >= 0.3 is 0 Å². The summed E-state index contributed by atoms with van der Waals surface area (Å²) >= 11 is 0. The van der Waals surface area contributed by atoms with Crippen LogP contribution >= 0.6 is 0 Å². The van der Waals surface area contributed by atoms with Crippen LogP contribution in [0.5, 0.6) is 5.75 Å². The van der Waals surface area contributed by atoms with Gasteiger partial charge in [0.2, 0.25) is 0 Å². The van der Waals surface area contributed by atoms with Crippen molar-refractivity contribution in [2.24, 2.45) is 5.41 Å². The van der Waals surface area contributed by atoms with E-state index in [2.05, 4.69) is 53.7 Å². The number of likely N-dealkylation sites (tertiary alicyclic amines) is 1. The van der Waals surface area contributed by atoms with Crippen molar-refractivity contribution in [3.63, 3.8) is 0 Å². The van der Waals surface area contributed by atoms with Gasteiger partial charge in [-0.25, -0.2) is 0 Å². The summed E-state index contributed by atoms with van der Waals surface area (Å²) in [6.45, 7) is 18.4. The Morgan fingerprint density at radius 2 is 1.62 bits per heavy atom. The maximum absolute atomic E-state index is 10.4. The third kappa shape index (κ3) is 5.99. The zero-order chi connectivity index (χ0) is 19.4. The lowest BCUT2D eigenvalue weighted by molar-refractivity contribution is -0.917. The first-order chi connectivity index (χ1) is 12.1. The Morgan fingerprint density at radius 1 is 1.04 bits per heavy atom. The molecule has 1 heterocycles. The largest absolute Gasteiger partial charge is 0.491 e. The van der Waals surface area contributed by atoms with Crippen molar-refractivity contribution in [3.8, 4) is 5.75 Å². The van der Waals surface area contributed by atoms with Crippen molar-refractivity contribution in [2.45, 2.75) is 72.3 Å². The lowest BCUT2D eigenvalue weighted by Gasteiger charge is -2.34. The molecule has 3 nitrogen and oxygen atoms in total. The number of aliphatic hydroxyl groups is 1. The predicted octanol–water partition coefficient (Wildman–Crippen LogP) is 4.77. The molecule has 0 aromatic heterocycles. The molecule has 2 rings (SSSR count). The topological polar surface area (TPSA) is 29.5 Å². The van der Waals surface area contributed by atoms with E-state index in [0.717, 1.165) is 29.7 Å². The van der Waals surface area contributed by atoms with Gasteiger partial charge < -0.3 is 14.3 Å². The van der Waals surface area contributed by atoms with Crippen LogP contribution in [0.15, 0.2) is 24.3 Å². The van der Waals surface area contributed by atoms with E-state index >= 15 is 0 Å². The summed E-state index contributed by atoms with van der Waals surface area (Å²) in [5, 5.41) is 10.4. The molecule has 1 atom stereocenters. The molecule has 26 heavy (non-hydrogen) atoms. The minimum absolute atomic E-state index is 0.143. The molecule has 1 aromatic carbocycles. The Kier molecular flexibility index (Phi) is 6.79. The SMILES string of the molecule is CC[N+]1(C[C@@H](O)COc2ccc(C(C)(C)CC(C)(C)C)cc2)CCCC1. The van der Waals surface area contributed by atoms with Gasteiger partial charge in [-0.1, -0.05) is 46.8 Å². The number of likely N-dealkylation sites (N-methyl/N-ethyl adjacent to an activating group) is 1. The first-order valence-electron chi connectivity index (χ1n) is 10.3. The average molecular weight is 363 g/mol. The summed E-state index contributed by atoms with van der Waals surface area (Å²) in [6.07, 6.45) is 3.31. The number of hydrogen-bond acceptors (Lipinski definition) is 2. The number of benzene rings is 1. The highest BCUT2D eigenvalue weighted by molar-refractivity contribution is 5.31. The van der Waals surface area contributed by atoms with E-state index in [1.54, 1.807) is 0 Å². The molecule has 1 aliphatic heterocycles. The van der Waals surface area contributed by atoms with Gasteiger partial charge in [-0.3, -0.25) is 0 Å². The first kappa shape index (κ1) is 21.2. The van der Waals surface area contributed by atoms with E-state index in [4.69, 9.17) is 4.74 Å². The van der Waals surface area contributed by atoms with Crippen LogP contribution in [0.4, 0.5) is 0 Å². The van der Waals surface area contributed by atoms with Gasteiger partial charge in [0.1, 0.15) is 25.0 Å². The monoisotopic (exact) mass is 362 g/mol. The van der Waals surface area contributed by atoms with Gasteiger partial charge in [0.25, 0.3) is 0 Å². The second-order valence-corrected chi connectivity index (χ2v) is 10.1. The van der Waals surface area contributed by atoms with Gasteiger partial charge in [0.05, 0.1) is 19.6 Å². The van der Waals surface area contributed by atoms with Crippen molar-refractivity contribution in [3.05, 3.63) is 29.8 Å². The normalized spacial score (nSPS) is 18.7. The van der Waals surface area contributed by atoms with Gasteiger partial charge in [-0.15, -0.1) is 0 Å². The molecule has 1 aliphatic rings. The highest BCUT2D eigenvalue weighted by Gasteiger charge is 2.32. The average Bonchev–Trinajstić information content (AvgIpc) is 3.00. The summed E-state index contributed by atoms with van der Waals surface area (Å²) in [6, 6.07) is 8.45. The zero-order valence-corrected chi connectivity index (χ0v) is 17.8. The second-order valence-electron chi connectivity index (χ2n) is 10.1. The number of ether oxygens (including phenoxy) is 1. The van der Waals surface area contributed by atoms with Crippen LogP contribution in [0.3, 0.4) is 0 Å². The van der Waals surface area contributed by atoms with E-state index in [-0.39, 0.29) is 5.41 Å². The van der Waals surface area contributed by atoms with Gasteiger partial charge in [-0.2, -0.15) is 0 Å². The summed E-state index contributed by atoms with van der Waals surface area (Å²) in [7, 11) is 0.